The van der Waals surface area contributed by atoms with Crippen molar-refractivity contribution in [2.24, 2.45) is 11.8 Å². The predicted octanol–water partition coefficient (Wildman–Crippen LogP) is 2.49. The summed E-state index contributed by atoms with van der Waals surface area (Å²) in [4.78, 5) is 34.7. The molecule has 0 radical (unpaired) electrons. The first kappa shape index (κ1) is 20.6. The maximum atomic E-state index is 13.1. The van der Waals surface area contributed by atoms with E-state index in [1.807, 2.05) is 46.2 Å². The van der Waals surface area contributed by atoms with Crippen molar-refractivity contribution < 1.29 is 9.59 Å². The summed E-state index contributed by atoms with van der Waals surface area (Å²) in [5, 5.41) is 0. The van der Waals surface area contributed by atoms with Crippen LogP contribution in [0.5, 0.6) is 0 Å². The highest BCUT2D eigenvalue weighted by Crippen LogP contribution is 2.47. The second-order valence-electron chi connectivity index (χ2n) is 8.83. The van der Waals surface area contributed by atoms with Crippen molar-refractivity contribution in [2.75, 3.05) is 62.2 Å². The molecular formula is C26H30N4O2. The molecule has 2 aliphatic heterocycles. The minimum atomic E-state index is -0.335. The Morgan fingerprint density at radius 1 is 0.594 bits per heavy atom. The number of carbonyl (C=O) groups excluding carboxylic acids is 2. The average Bonchev–Trinajstić information content (AvgIpc) is 3.55. The van der Waals surface area contributed by atoms with Crippen molar-refractivity contribution >= 4 is 23.2 Å². The highest BCUT2D eigenvalue weighted by Gasteiger charge is 2.55. The fraction of sp³-hybridized carbons (Fsp3) is 0.385. The Morgan fingerprint density at radius 2 is 0.938 bits per heavy atom. The number of carbonyl (C=O) groups is 2. The number of anilines is 2. The number of rotatable bonds is 4. The lowest BCUT2D eigenvalue weighted by Crippen LogP contribution is -2.50. The number of hydrogen-bond donors (Lipinski definition) is 0. The maximum Gasteiger partial charge on any atom is 0.231 e. The highest BCUT2D eigenvalue weighted by atomic mass is 16.2. The maximum absolute atomic E-state index is 13.1. The van der Waals surface area contributed by atoms with Gasteiger partial charge in [-0.1, -0.05) is 48.6 Å². The first-order chi connectivity index (χ1) is 15.6. The predicted molar refractivity (Wildman–Crippen MR) is 127 cm³/mol. The first-order valence-electron chi connectivity index (χ1n) is 11.5. The van der Waals surface area contributed by atoms with Crippen molar-refractivity contribution in [2.45, 2.75) is 0 Å². The fourth-order valence-corrected chi connectivity index (χ4v) is 4.96. The van der Waals surface area contributed by atoms with Gasteiger partial charge in [0.25, 0.3) is 0 Å². The second kappa shape index (κ2) is 8.69. The van der Waals surface area contributed by atoms with Gasteiger partial charge in [0.2, 0.25) is 11.8 Å². The van der Waals surface area contributed by atoms with Crippen LogP contribution in [0.25, 0.3) is 0 Å². The van der Waals surface area contributed by atoms with Crippen LogP contribution in [-0.4, -0.2) is 74.0 Å². The molecule has 1 unspecified atom stereocenters. The summed E-state index contributed by atoms with van der Waals surface area (Å²) in [5.41, 5.74) is 3.17. The largest absolute Gasteiger partial charge is 0.368 e. The summed E-state index contributed by atoms with van der Waals surface area (Å²) in [5.74, 6) is -0.524. The lowest BCUT2D eigenvalue weighted by atomic mass is 10.2. The third kappa shape index (κ3) is 3.97. The van der Waals surface area contributed by atoms with E-state index in [-0.39, 0.29) is 23.7 Å². The Morgan fingerprint density at radius 3 is 1.28 bits per heavy atom. The molecule has 2 atom stereocenters. The van der Waals surface area contributed by atoms with Crippen LogP contribution in [0.1, 0.15) is 0 Å². The zero-order valence-electron chi connectivity index (χ0n) is 18.4. The normalized spacial score (nSPS) is 23.3. The lowest BCUT2D eigenvalue weighted by Gasteiger charge is -2.37. The molecule has 0 bridgehead atoms. The standard InChI is InChI=1S/C26H30N4O2/c1-20-23(25(31)29-16-12-27(13-17-29)21-8-4-2-5-9-21)24(20)26(32)30-18-14-28(15-19-30)22-10-6-3-7-11-22/h2-11,23-24H,1,12-19H2/t23-,24?/m1/s1. The molecule has 166 valence electrons. The van der Waals surface area contributed by atoms with Gasteiger partial charge in [-0.2, -0.15) is 0 Å². The zero-order valence-corrected chi connectivity index (χ0v) is 18.4. The molecule has 2 aromatic rings. The van der Waals surface area contributed by atoms with Gasteiger partial charge in [-0.25, -0.2) is 0 Å². The van der Waals surface area contributed by atoms with Crippen molar-refractivity contribution in [1.82, 2.24) is 9.80 Å². The Bertz CT molecular complexity index is 898. The van der Waals surface area contributed by atoms with E-state index in [4.69, 9.17) is 0 Å². The molecule has 0 N–H and O–H groups in total. The van der Waals surface area contributed by atoms with Gasteiger partial charge >= 0.3 is 0 Å². The molecule has 5 rings (SSSR count). The zero-order chi connectivity index (χ0) is 22.1. The summed E-state index contributed by atoms with van der Waals surface area (Å²) in [7, 11) is 0. The number of benzene rings is 2. The van der Waals surface area contributed by atoms with Gasteiger partial charge in [-0.3, -0.25) is 9.59 Å². The SMILES string of the molecule is C=C1C(C(=O)N2CCN(c3ccccc3)CC2)[C@@H]1C(=O)N1CCN(c2ccccc2)CC1. The molecule has 1 aliphatic carbocycles. The van der Waals surface area contributed by atoms with Gasteiger partial charge in [-0.15, -0.1) is 0 Å². The fourth-order valence-electron chi connectivity index (χ4n) is 4.96. The highest BCUT2D eigenvalue weighted by molar-refractivity contribution is 5.99. The number of hydrogen-bond acceptors (Lipinski definition) is 4. The van der Waals surface area contributed by atoms with E-state index in [0.29, 0.717) is 26.2 Å². The van der Waals surface area contributed by atoms with E-state index < -0.39 is 0 Å². The van der Waals surface area contributed by atoms with Gasteiger partial charge in [-0.05, 0) is 24.3 Å². The van der Waals surface area contributed by atoms with Crippen LogP contribution in [0.3, 0.4) is 0 Å². The van der Waals surface area contributed by atoms with Crippen molar-refractivity contribution in [3.63, 3.8) is 0 Å². The third-order valence-corrected chi connectivity index (χ3v) is 6.98. The van der Waals surface area contributed by atoms with E-state index >= 15 is 0 Å². The minimum Gasteiger partial charge on any atom is -0.368 e. The number of nitrogens with zero attached hydrogens (tertiary/aromatic N) is 4. The second-order valence-corrected chi connectivity index (χ2v) is 8.83. The van der Waals surface area contributed by atoms with Gasteiger partial charge in [0.1, 0.15) is 0 Å². The summed E-state index contributed by atoms with van der Waals surface area (Å²) < 4.78 is 0. The third-order valence-electron chi connectivity index (χ3n) is 6.98. The quantitative estimate of drug-likeness (QED) is 0.700. The van der Waals surface area contributed by atoms with E-state index in [0.717, 1.165) is 31.8 Å². The molecule has 0 spiro atoms. The van der Waals surface area contributed by atoms with Crippen LogP contribution in [-0.2, 0) is 9.59 Å². The summed E-state index contributed by atoms with van der Waals surface area (Å²) >= 11 is 0. The molecular weight excluding hydrogens is 400 g/mol. The molecule has 2 heterocycles. The smallest absolute Gasteiger partial charge is 0.231 e. The molecule has 32 heavy (non-hydrogen) atoms. The minimum absolute atomic E-state index is 0.0731. The first-order valence-corrected chi connectivity index (χ1v) is 11.5. The lowest BCUT2D eigenvalue weighted by molar-refractivity contribution is -0.138. The van der Waals surface area contributed by atoms with Crippen LogP contribution in [0.4, 0.5) is 11.4 Å². The van der Waals surface area contributed by atoms with E-state index in [1.165, 1.54) is 11.4 Å². The molecule has 1 saturated carbocycles. The van der Waals surface area contributed by atoms with E-state index in [1.54, 1.807) is 0 Å². The molecule has 2 saturated heterocycles. The Balaban J connectivity index is 1.13. The van der Waals surface area contributed by atoms with Crippen LogP contribution in [0.2, 0.25) is 0 Å². The van der Waals surface area contributed by atoms with Gasteiger partial charge in [0.05, 0.1) is 11.8 Å². The molecule has 2 aromatic carbocycles. The molecule has 3 fully saturated rings. The van der Waals surface area contributed by atoms with E-state index in [9.17, 15) is 9.59 Å². The van der Waals surface area contributed by atoms with Crippen LogP contribution < -0.4 is 9.80 Å². The van der Waals surface area contributed by atoms with Crippen molar-refractivity contribution in [3.8, 4) is 0 Å². The van der Waals surface area contributed by atoms with Crippen molar-refractivity contribution in [3.05, 3.63) is 72.8 Å². The summed E-state index contributed by atoms with van der Waals surface area (Å²) in [6.45, 7) is 10.1. The molecule has 6 heteroatoms. The summed E-state index contributed by atoms with van der Waals surface area (Å²) in [6.07, 6.45) is 0. The summed E-state index contributed by atoms with van der Waals surface area (Å²) in [6, 6.07) is 20.6. The van der Waals surface area contributed by atoms with Crippen LogP contribution in [0, 0.1) is 11.8 Å². The van der Waals surface area contributed by atoms with Crippen LogP contribution >= 0.6 is 0 Å². The van der Waals surface area contributed by atoms with Gasteiger partial charge in [0.15, 0.2) is 0 Å². The topological polar surface area (TPSA) is 47.1 Å². The number of piperazine rings is 2. The Labute approximate surface area is 189 Å². The van der Waals surface area contributed by atoms with Gasteiger partial charge in [0, 0.05) is 63.7 Å². The van der Waals surface area contributed by atoms with Crippen molar-refractivity contribution in [1.29, 1.82) is 0 Å². The molecule has 0 aromatic heterocycles. The number of para-hydroxylation sites is 2. The van der Waals surface area contributed by atoms with Crippen LogP contribution in [0.15, 0.2) is 72.8 Å². The Hall–Kier alpha value is -3.28. The number of amides is 2. The molecule has 6 nitrogen and oxygen atoms in total. The average molecular weight is 431 g/mol. The monoisotopic (exact) mass is 430 g/mol. The molecule has 3 aliphatic rings. The molecule has 2 amide bonds. The van der Waals surface area contributed by atoms with Gasteiger partial charge < -0.3 is 19.6 Å². The Kier molecular flexibility index (Phi) is 5.60. The van der Waals surface area contributed by atoms with E-state index in [2.05, 4.69) is 40.6 Å².